The summed E-state index contributed by atoms with van der Waals surface area (Å²) >= 11 is 0. The molecule has 1 amide bonds. The molecular formula is C14H28N2O4. The van der Waals surface area contributed by atoms with Crippen molar-refractivity contribution in [2.24, 2.45) is 0 Å². The lowest BCUT2D eigenvalue weighted by molar-refractivity contribution is -0.0668. The molecule has 1 heterocycles. The number of carbonyl (C=O) groups is 1. The molecule has 1 aliphatic heterocycles. The van der Waals surface area contributed by atoms with Gasteiger partial charge in [0.15, 0.2) is 0 Å². The van der Waals surface area contributed by atoms with Crippen molar-refractivity contribution in [1.82, 2.24) is 10.2 Å². The van der Waals surface area contributed by atoms with E-state index in [1.807, 2.05) is 39.8 Å². The van der Waals surface area contributed by atoms with Gasteiger partial charge in [-0.1, -0.05) is 0 Å². The molecule has 0 aromatic rings. The first-order chi connectivity index (χ1) is 9.26. The van der Waals surface area contributed by atoms with Crippen molar-refractivity contribution in [3.63, 3.8) is 0 Å². The van der Waals surface area contributed by atoms with Crippen LogP contribution in [0.25, 0.3) is 0 Å². The molecule has 6 heteroatoms. The van der Waals surface area contributed by atoms with Crippen molar-refractivity contribution in [3.05, 3.63) is 0 Å². The lowest BCUT2D eigenvalue weighted by Crippen LogP contribution is -2.45. The van der Waals surface area contributed by atoms with Crippen LogP contribution in [0.5, 0.6) is 0 Å². The Kier molecular flexibility index (Phi) is 6.71. The molecule has 1 aliphatic rings. The zero-order chi connectivity index (χ0) is 15.2. The zero-order valence-electron chi connectivity index (χ0n) is 13.3. The Morgan fingerprint density at radius 3 is 2.55 bits per heavy atom. The second kappa shape index (κ2) is 7.81. The average Bonchev–Trinajstić information content (AvgIpc) is 2.28. The molecule has 2 atom stereocenters. The summed E-state index contributed by atoms with van der Waals surface area (Å²) in [4.78, 5) is 13.6. The summed E-state index contributed by atoms with van der Waals surface area (Å²) in [6.45, 7) is 7.25. The lowest BCUT2D eigenvalue weighted by Gasteiger charge is -2.30. The van der Waals surface area contributed by atoms with Crippen LogP contribution in [0.15, 0.2) is 0 Å². The maximum Gasteiger partial charge on any atom is 0.407 e. The second-order valence-electron chi connectivity index (χ2n) is 6.46. The van der Waals surface area contributed by atoms with Gasteiger partial charge < -0.3 is 19.5 Å². The Morgan fingerprint density at radius 2 is 2.05 bits per heavy atom. The van der Waals surface area contributed by atoms with Gasteiger partial charge in [0, 0.05) is 0 Å². The number of nitrogens with zero attached hydrogens (tertiary/aromatic N) is 1. The van der Waals surface area contributed by atoms with E-state index in [2.05, 4.69) is 5.32 Å². The summed E-state index contributed by atoms with van der Waals surface area (Å²) < 4.78 is 16.4. The maximum absolute atomic E-state index is 11.6. The standard InChI is InChI=1S/C14H28N2O4/c1-14(2,3)20-13(17)15-11-6-7-12(19-8-11)9-18-10-16(4)5/h11-12H,6-10H2,1-5H3,(H,15,17)/t11-,12+/m1/s1. The molecule has 0 aromatic carbocycles. The molecular weight excluding hydrogens is 260 g/mol. The van der Waals surface area contributed by atoms with Crippen molar-refractivity contribution >= 4 is 6.09 Å². The quantitative estimate of drug-likeness (QED) is 0.779. The third-order valence-corrected chi connectivity index (χ3v) is 2.74. The van der Waals surface area contributed by atoms with E-state index in [4.69, 9.17) is 14.2 Å². The normalized spacial score (nSPS) is 23.7. The van der Waals surface area contributed by atoms with Crippen LogP contribution in [0.2, 0.25) is 0 Å². The zero-order valence-corrected chi connectivity index (χ0v) is 13.3. The summed E-state index contributed by atoms with van der Waals surface area (Å²) in [5.74, 6) is 0. The monoisotopic (exact) mass is 288 g/mol. The Balaban J connectivity index is 2.17. The molecule has 6 nitrogen and oxygen atoms in total. The Hall–Kier alpha value is -0.850. The fraction of sp³-hybridized carbons (Fsp3) is 0.929. The number of amides is 1. The molecule has 1 rings (SSSR count). The third kappa shape index (κ3) is 7.67. The van der Waals surface area contributed by atoms with Crippen molar-refractivity contribution in [2.45, 2.75) is 51.4 Å². The number of alkyl carbamates (subject to hydrolysis) is 1. The van der Waals surface area contributed by atoms with Gasteiger partial charge in [0.1, 0.15) is 5.60 Å². The summed E-state index contributed by atoms with van der Waals surface area (Å²) in [5, 5.41) is 2.84. The molecule has 0 saturated carbocycles. The topological polar surface area (TPSA) is 60.0 Å². The van der Waals surface area contributed by atoms with Gasteiger partial charge in [-0.2, -0.15) is 0 Å². The summed E-state index contributed by atoms with van der Waals surface area (Å²) in [6.07, 6.45) is 1.50. The molecule has 1 saturated heterocycles. The van der Waals surface area contributed by atoms with Crippen LogP contribution in [0.1, 0.15) is 33.6 Å². The van der Waals surface area contributed by atoms with Crippen molar-refractivity contribution < 1.29 is 19.0 Å². The largest absolute Gasteiger partial charge is 0.444 e. The van der Waals surface area contributed by atoms with Crippen LogP contribution in [0, 0.1) is 0 Å². The highest BCUT2D eigenvalue weighted by molar-refractivity contribution is 5.68. The van der Waals surface area contributed by atoms with E-state index < -0.39 is 5.60 Å². The fourth-order valence-electron chi connectivity index (χ4n) is 1.89. The van der Waals surface area contributed by atoms with E-state index in [0.29, 0.717) is 19.9 Å². The van der Waals surface area contributed by atoms with E-state index in [1.54, 1.807) is 0 Å². The Labute approximate surface area is 121 Å². The van der Waals surface area contributed by atoms with Crippen LogP contribution in [0.3, 0.4) is 0 Å². The first-order valence-electron chi connectivity index (χ1n) is 7.10. The fourth-order valence-corrected chi connectivity index (χ4v) is 1.89. The lowest BCUT2D eigenvalue weighted by atomic mass is 10.1. The first-order valence-corrected chi connectivity index (χ1v) is 7.10. The summed E-state index contributed by atoms with van der Waals surface area (Å²) in [7, 11) is 3.92. The predicted octanol–water partition coefficient (Wildman–Crippen LogP) is 1.59. The Bertz CT molecular complexity index is 294. The van der Waals surface area contributed by atoms with Crippen LogP contribution >= 0.6 is 0 Å². The van der Waals surface area contributed by atoms with Crippen molar-refractivity contribution in [1.29, 1.82) is 0 Å². The third-order valence-electron chi connectivity index (χ3n) is 2.74. The van der Waals surface area contributed by atoms with Crippen LogP contribution in [0.4, 0.5) is 4.79 Å². The SMILES string of the molecule is CN(C)COC[C@@H]1CC[C@@H](NC(=O)OC(C)(C)C)CO1. The predicted molar refractivity (Wildman–Crippen MR) is 76.6 cm³/mol. The molecule has 1 fully saturated rings. The van der Waals surface area contributed by atoms with E-state index >= 15 is 0 Å². The number of hydrogen-bond acceptors (Lipinski definition) is 5. The van der Waals surface area contributed by atoms with Crippen LogP contribution in [-0.2, 0) is 14.2 Å². The highest BCUT2D eigenvalue weighted by atomic mass is 16.6. The number of hydrogen-bond donors (Lipinski definition) is 1. The van der Waals surface area contributed by atoms with Crippen molar-refractivity contribution in [2.75, 3.05) is 34.0 Å². The van der Waals surface area contributed by atoms with E-state index in [1.165, 1.54) is 0 Å². The van der Waals surface area contributed by atoms with Gasteiger partial charge in [-0.25, -0.2) is 4.79 Å². The average molecular weight is 288 g/mol. The van der Waals surface area contributed by atoms with E-state index in [0.717, 1.165) is 12.8 Å². The van der Waals surface area contributed by atoms with Crippen molar-refractivity contribution in [3.8, 4) is 0 Å². The first kappa shape index (κ1) is 17.2. The molecule has 0 spiro atoms. The molecule has 118 valence electrons. The highest BCUT2D eigenvalue weighted by Crippen LogP contribution is 2.15. The summed E-state index contributed by atoms with van der Waals surface area (Å²) in [6, 6.07) is 0.0231. The molecule has 1 N–H and O–H groups in total. The molecule has 0 aromatic heterocycles. The number of ether oxygens (including phenoxy) is 3. The Morgan fingerprint density at radius 1 is 1.35 bits per heavy atom. The van der Waals surface area contributed by atoms with E-state index in [9.17, 15) is 4.79 Å². The van der Waals surface area contributed by atoms with Gasteiger partial charge >= 0.3 is 6.09 Å². The molecule has 20 heavy (non-hydrogen) atoms. The van der Waals surface area contributed by atoms with Gasteiger partial charge in [0.05, 0.1) is 32.1 Å². The summed E-state index contributed by atoms with van der Waals surface area (Å²) in [5.41, 5.74) is -0.470. The smallest absolute Gasteiger partial charge is 0.407 e. The number of nitrogens with one attached hydrogen (secondary N) is 1. The van der Waals surface area contributed by atoms with Crippen LogP contribution < -0.4 is 5.32 Å². The number of rotatable bonds is 5. The number of carbonyl (C=O) groups excluding carboxylic acids is 1. The second-order valence-corrected chi connectivity index (χ2v) is 6.46. The maximum atomic E-state index is 11.6. The minimum absolute atomic E-state index is 0.0231. The van der Waals surface area contributed by atoms with Gasteiger partial charge in [-0.15, -0.1) is 0 Å². The minimum atomic E-state index is -0.470. The molecule has 0 aliphatic carbocycles. The minimum Gasteiger partial charge on any atom is -0.444 e. The van der Waals surface area contributed by atoms with Gasteiger partial charge in [-0.3, -0.25) is 4.90 Å². The molecule has 0 bridgehead atoms. The molecule has 0 unspecified atom stereocenters. The van der Waals surface area contributed by atoms with Crippen LogP contribution in [-0.4, -0.2) is 62.8 Å². The molecule has 0 radical (unpaired) electrons. The van der Waals surface area contributed by atoms with Gasteiger partial charge in [0.2, 0.25) is 0 Å². The van der Waals surface area contributed by atoms with Gasteiger partial charge in [0.25, 0.3) is 0 Å². The van der Waals surface area contributed by atoms with E-state index in [-0.39, 0.29) is 18.2 Å². The highest BCUT2D eigenvalue weighted by Gasteiger charge is 2.25. The van der Waals surface area contributed by atoms with Gasteiger partial charge in [-0.05, 0) is 47.7 Å².